The lowest BCUT2D eigenvalue weighted by atomic mass is 10.0. The number of aryl methyl sites for hydroxylation is 1. The Labute approximate surface area is 143 Å². The molecule has 2 aromatic rings. The van der Waals surface area contributed by atoms with E-state index in [0.29, 0.717) is 48.5 Å². The van der Waals surface area contributed by atoms with Crippen LogP contribution in [0.2, 0.25) is 0 Å². The Morgan fingerprint density at radius 2 is 2.16 bits per heavy atom. The van der Waals surface area contributed by atoms with Crippen molar-refractivity contribution >= 4 is 28.2 Å². The summed E-state index contributed by atoms with van der Waals surface area (Å²) in [5.74, 6) is -1.10. The van der Waals surface area contributed by atoms with Gasteiger partial charge in [0.25, 0.3) is 5.69 Å². The number of rotatable bonds is 5. The number of hydrogen-bond acceptors (Lipinski definition) is 6. The van der Waals surface area contributed by atoms with Crippen LogP contribution in [0.3, 0.4) is 0 Å². The largest absolute Gasteiger partial charge is 0.480 e. The van der Waals surface area contributed by atoms with Gasteiger partial charge in [-0.05, 0) is 18.6 Å². The van der Waals surface area contributed by atoms with E-state index in [1.54, 1.807) is 13.0 Å². The van der Waals surface area contributed by atoms with Crippen LogP contribution in [-0.2, 0) is 16.0 Å². The summed E-state index contributed by atoms with van der Waals surface area (Å²) in [6.07, 6.45) is 0.0969. The minimum atomic E-state index is -1.10. The van der Waals surface area contributed by atoms with E-state index in [4.69, 9.17) is 15.6 Å². The van der Waals surface area contributed by atoms with Crippen LogP contribution in [0.1, 0.15) is 11.3 Å². The maximum absolute atomic E-state index is 11.4. The van der Waals surface area contributed by atoms with Gasteiger partial charge in [-0.2, -0.15) is 0 Å². The fourth-order valence-corrected chi connectivity index (χ4v) is 3.25. The average Bonchev–Trinajstić information content (AvgIpc) is 2.91. The van der Waals surface area contributed by atoms with E-state index in [-0.39, 0.29) is 12.1 Å². The quantitative estimate of drug-likeness (QED) is 0.545. The van der Waals surface area contributed by atoms with E-state index in [1.165, 1.54) is 6.07 Å². The smallest absolute Gasteiger partial charge is 0.320 e. The molecule has 0 spiro atoms. The number of ether oxygens (including phenoxy) is 1. The predicted molar refractivity (Wildman–Crippen MR) is 92.0 cm³/mol. The Morgan fingerprint density at radius 1 is 1.48 bits per heavy atom. The number of nitrogens with two attached hydrogens (primary N) is 1. The molecule has 134 valence electrons. The molecule has 0 radical (unpaired) electrons. The van der Waals surface area contributed by atoms with Crippen molar-refractivity contribution in [1.82, 2.24) is 4.98 Å². The summed E-state index contributed by atoms with van der Waals surface area (Å²) >= 11 is 0. The number of carboxylic acids is 1. The van der Waals surface area contributed by atoms with Crippen LogP contribution in [0.15, 0.2) is 12.1 Å². The summed E-state index contributed by atoms with van der Waals surface area (Å²) in [6.45, 7) is 4.26. The van der Waals surface area contributed by atoms with E-state index in [0.717, 1.165) is 5.69 Å². The number of fused-ring (bicyclic) bond motifs is 1. The van der Waals surface area contributed by atoms with Crippen LogP contribution in [0.5, 0.6) is 0 Å². The van der Waals surface area contributed by atoms with Crippen LogP contribution < -0.4 is 10.6 Å². The molecule has 4 N–H and O–H groups in total. The molecular weight excluding hydrogens is 328 g/mol. The molecule has 9 nitrogen and oxygen atoms in total. The molecule has 1 aliphatic rings. The third-order valence-corrected chi connectivity index (χ3v) is 4.52. The van der Waals surface area contributed by atoms with Gasteiger partial charge in [-0.25, -0.2) is 0 Å². The molecule has 1 saturated heterocycles. The number of nitrogens with zero attached hydrogens (tertiary/aromatic N) is 2. The lowest BCUT2D eigenvalue weighted by Crippen LogP contribution is -2.36. The highest BCUT2D eigenvalue weighted by Crippen LogP contribution is 2.38. The Hall–Kier alpha value is -2.65. The van der Waals surface area contributed by atoms with Crippen molar-refractivity contribution in [3.05, 3.63) is 33.5 Å². The van der Waals surface area contributed by atoms with Gasteiger partial charge in [0, 0.05) is 42.3 Å². The highest BCUT2D eigenvalue weighted by molar-refractivity contribution is 6.01. The first kappa shape index (κ1) is 17.2. The zero-order valence-corrected chi connectivity index (χ0v) is 13.8. The van der Waals surface area contributed by atoms with Gasteiger partial charge in [0.1, 0.15) is 11.6 Å². The first-order valence-corrected chi connectivity index (χ1v) is 7.99. The normalized spacial score (nSPS) is 16.2. The second kappa shape index (κ2) is 6.69. The lowest BCUT2D eigenvalue weighted by Gasteiger charge is -2.29. The summed E-state index contributed by atoms with van der Waals surface area (Å²) in [5.41, 5.74) is 8.31. The second-order valence-corrected chi connectivity index (χ2v) is 6.09. The number of carboxylic acid groups (broad SMARTS) is 1. The molecule has 0 aliphatic carbocycles. The number of nitrogens with one attached hydrogen (secondary N) is 1. The molecular formula is C16H20N4O5. The van der Waals surface area contributed by atoms with Crippen molar-refractivity contribution < 1.29 is 19.6 Å². The van der Waals surface area contributed by atoms with Crippen LogP contribution in [0, 0.1) is 17.0 Å². The van der Waals surface area contributed by atoms with Gasteiger partial charge in [-0.15, -0.1) is 0 Å². The topological polar surface area (TPSA) is 135 Å². The van der Waals surface area contributed by atoms with Gasteiger partial charge in [0.15, 0.2) is 0 Å². The van der Waals surface area contributed by atoms with E-state index in [1.807, 2.05) is 0 Å². The number of non-ortho nitro benzene ring substituents is 1. The van der Waals surface area contributed by atoms with Gasteiger partial charge in [-0.1, -0.05) is 0 Å². The lowest BCUT2D eigenvalue weighted by molar-refractivity contribution is -0.383. The summed E-state index contributed by atoms with van der Waals surface area (Å²) in [4.78, 5) is 27.3. The molecule has 1 aliphatic heterocycles. The molecule has 1 fully saturated rings. The van der Waals surface area contributed by atoms with Gasteiger partial charge in [0.2, 0.25) is 0 Å². The van der Waals surface area contributed by atoms with E-state index >= 15 is 0 Å². The van der Waals surface area contributed by atoms with E-state index in [9.17, 15) is 14.9 Å². The zero-order chi connectivity index (χ0) is 18.1. The average molecular weight is 348 g/mol. The summed E-state index contributed by atoms with van der Waals surface area (Å²) < 4.78 is 5.37. The van der Waals surface area contributed by atoms with Crippen molar-refractivity contribution in [3.8, 4) is 0 Å². The third kappa shape index (κ3) is 3.15. The standard InChI is InChI=1S/C16H20N4O5/c1-9-10(8-11(17)16(21)22)14-12(19-4-6-25-7-5-19)2-3-13(20(23)24)15(14)18-9/h2-3,11,18H,4-8,17H2,1H3,(H,21,22). The predicted octanol–water partition coefficient (Wildman–Crippen LogP) is 1.18. The number of anilines is 1. The summed E-state index contributed by atoms with van der Waals surface area (Å²) in [7, 11) is 0. The number of carbonyl (C=O) groups is 1. The van der Waals surface area contributed by atoms with Gasteiger partial charge >= 0.3 is 5.97 Å². The SMILES string of the molecule is Cc1[nH]c2c([N+](=O)[O-])ccc(N3CCOCC3)c2c1CC(N)C(=O)O. The Morgan fingerprint density at radius 3 is 2.76 bits per heavy atom. The van der Waals surface area contributed by atoms with Crippen molar-refractivity contribution in [1.29, 1.82) is 0 Å². The summed E-state index contributed by atoms with van der Waals surface area (Å²) in [6, 6.07) is 2.12. The van der Waals surface area contributed by atoms with Gasteiger partial charge in [-0.3, -0.25) is 14.9 Å². The number of aromatic nitrogens is 1. The molecule has 0 bridgehead atoms. The van der Waals surface area contributed by atoms with Crippen molar-refractivity contribution in [2.75, 3.05) is 31.2 Å². The number of H-pyrrole nitrogens is 1. The molecule has 0 saturated carbocycles. The fraction of sp³-hybridized carbons (Fsp3) is 0.438. The number of aliphatic carboxylic acids is 1. The van der Waals surface area contributed by atoms with E-state index < -0.39 is 16.9 Å². The van der Waals surface area contributed by atoms with Crippen LogP contribution in [0.25, 0.3) is 10.9 Å². The molecule has 0 amide bonds. The van der Waals surface area contributed by atoms with E-state index in [2.05, 4.69) is 9.88 Å². The molecule has 25 heavy (non-hydrogen) atoms. The number of nitro groups is 1. The highest BCUT2D eigenvalue weighted by Gasteiger charge is 2.26. The molecule has 3 rings (SSSR count). The first-order valence-electron chi connectivity index (χ1n) is 7.99. The maximum atomic E-state index is 11.4. The maximum Gasteiger partial charge on any atom is 0.320 e. The Bertz CT molecular complexity index is 826. The minimum Gasteiger partial charge on any atom is -0.480 e. The van der Waals surface area contributed by atoms with Gasteiger partial charge in [0.05, 0.1) is 18.1 Å². The second-order valence-electron chi connectivity index (χ2n) is 6.09. The Balaban J connectivity index is 2.19. The van der Waals surface area contributed by atoms with Crippen LogP contribution in [0.4, 0.5) is 11.4 Å². The molecule has 1 atom stereocenters. The molecule has 1 aromatic carbocycles. The van der Waals surface area contributed by atoms with Crippen molar-refractivity contribution in [2.24, 2.45) is 5.73 Å². The number of benzene rings is 1. The summed E-state index contributed by atoms with van der Waals surface area (Å²) in [5, 5.41) is 21.2. The number of nitro benzene ring substituents is 1. The van der Waals surface area contributed by atoms with Gasteiger partial charge < -0.3 is 25.5 Å². The minimum absolute atomic E-state index is 0.0368. The van der Waals surface area contributed by atoms with Crippen molar-refractivity contribution in [3.63, 3.8) is 0 Å². The van der Waals surface area contributed by atoms with Crippen LogP contribution >= 0.6 is 0 Å². The molecule has 9 heteroatoms. The number of morpholine rings is 1. The monoisotopic (exact) mass is 348 g/mol. The Kier molecular flexibility index (Phi) is 4.60. The number of hydrogen-bond donors (Lipinski definition) is 3. The fourth-order valence-electron chi connectivity index (χ4n) is 3.25. The third-order valence-electron chi connectivity index (χ3n) is 4.52. The molecule has 2 heterocycles. The highest BCUT2D eigenvalue weighted by atomic mass is 16.6. The van der Waals surface area contributed by atoms with Crippen molar-refractivity contribution in [2.45, 2.75) is 19.4 Å². The molecule has 1 unspecified atom stereocenters. The number of aromatic amines is 1. The zero-order valence-electron chi connectivity index (χ0n) is 13.8. The first-order chi connectivity index (χ1) is 11.9. The molecule has 1 aromatic heterocycles. The van der Waals surface area contributed by atoms with Crippen LogP contribution in [-0.4, -0.2) is 53.3 Å².